The highest BCUT2D eigenvalue weighted by Crippen LogP contribution is 2.14. The van der Waals surface area contributed by atoms with Crippen LogP contribution in [0.3, 0.4) is 0 Å². The zero-order valence-electron chi connectivity index (χ0n) is 9.90. The Labute approximate surface area is 106 Å². The van der Waals surface area contributed by atoms with E-state index in [-0.39, 0.29) is 5.91 Å². The van der Waals surface area contributed by atoms with Gasteiger partial charge in [-0.3, -0.25) is 4.79 Å². The average molecular weight is 254 g/mol. The first-order valence-corrected chi connectivity index (χ1v) is 6.15. The number of carbonyl (C=O) groups is 1. The Bertz CT molecular complexity index is 393. The van der Waals surface area contributed by atoms with E-state index in [1.54, 1.807) is 6.20 Å². The molecule has 0 radical (unpaired) electrons. The van der Waals surface area contributed by atoms with E-state index in [0.29, 0.717) is 11.4 Å². The van der Waals surface area contributed by atoms with Crippen LogP contribution in [0.2, 0.25) is 5.02 Å². The normalized spacial score (nSPS) is 15.4. The molecule has 2 heterocycles. The summed E-state index contributed by atoms with van der Waals surface area (Å²) >= 11 is 5.78. The van der Waals surface area contributed by atoms with E-state index < -0.39 is 0 Å². The van der Waals surface area contributed by atoms with Crippen LogP contribution in [0.1, 0.15) is 12.8 Å². The molecule has 1 aliphatic rings. The number of likely N-dealkylation sites (tertiary alicyclic amines) is 1. The highest BCUT2D eigenvalue weighted by molar-refractivity contribution is 6.30. The van der Waals surface area contributed by atoms with Gasteiger partial charge < -0.3 is 9.80 Å². The monoisotopic (exact) mass is 253 g/mol. The third kappa shape index (κ3) is 3.09. The number of halogens is 1. The lowest BCUT2D eigenvalue weighted by molar-refractivity contribution is -0.127. The molecule has 5 heteroatoms. The number of rotatable bonds is 4. The molecule has 0 bridgehead atoms. The van der Waals surface area contributed by atoms with Crippen molar-refractivity contribution in [2.75, 3.05) is 31.6 Å². The predicted octanol–water partition coefficient (Wildman–Crippen LogP) is 1.79. The highest BCUT2D eigenvalue weighted by atomic mass is 35.5. The third-order valence-corrected chi connectivity index (χ3v) is 3.20. The van der Waals surface area contributed by atoms with Crippen molar-refractivity contribution in [2.24, 2.45) is 0 Å². The van der Waals surface area contributed by atoms with Crippen LogP contribution in [0, 0.1) is 0 Å². The standard InChI is InChI=1S/C12H16ClN3O/c1-15(11-5-4-10(13)9-14-11)7-8-16-6-2-3-12(16)17/h4-5,9H,2-3,6-8H2,1H3. The minimum atomic E-state index is 0.266. The second-order valence-corrected chi connectivity index (χ2v) is 4.68. The van der Waals surface area contributed by atoms with Crippen LogP contribution in [0.4, 0.5) is 5.82 Å². The second kappa shape index (κ2) is 5.36. The van der Waals surface area contributed by atoms with Crippen LogP contribution in [-0.4, -0.2) is 42.5 Å². The number of amides is 1. The fraction of sp³-hybridized carbons (Fsp3) is 0.500. The third-order valence-electron chi connectivity index (χ3n) is 2.98. The summed E-state index contributed by atoms with van der Waals surface area (Å²) in [6.07, 6.45) is 3.32. The summed E-state index contributed by atoms with van der Waals surface area (Å²) < 4.78 is 0. The van der Waals surface area contributed by atoms with Gasteiger partial charge in [0.25, 0.3) is 0 Å². The van der Waals surface area contributed by atoms with Crippen molar-refractivity contribution in [1.29, 1.82) is 0 Å². The molecule has 0 spiro atoms. The lowest BCUT2D eigenvalue weighted by Crippen LogP contribution is -2.34. The SMILES string of the molecule is CN(CCN1CCCC1=O)c1ccc(Cl)cn1. The van der Waals surface area contributed by atoms with Gasteiger partial charge in [-0.15, -0.1) is 0 Å². The van der Waals surface area contributed by atoms with Crippen molar-refractivity contribution in [1.82, 2.24) is 9.88 Å². The molecule has 1 aliphatic heterocycles. The number of carbonyl (C=O) groups excluding carboxylic acids is 1. The average Bonchev–Trinajstić information content (AvgIpc) is 2.73. The summed E-state index contributed by atoms with van der Waals surface area (Å²) in [5, 5.41) is 0.636. The number of likely N-dealkylation sites (N-methyl/N-ethyl adjacent to an activating group) is 1. The maximum absolute atomic E-state index is 11.4. The first-order chi connectivity index (χ1) is 8.16. The second-order valence-electron chi connectivity index (χ2n) is 4.24. The number of hydrogen-bond donors (Lipinski definition) is 0. The highest BCUT2D eigenvalue weighted by Gasteiger charge is 2.19. The summed E-state index contributed by atoms with van der Waals surface area (Å²) in [5.41, 5.74) is 0. The van der Waals surface area contributed by atoms with Crippen molar-refractivity contribution < 1.29 is 4.79 Å². The molecule has 0 unspecified atom stereocenters. The quantitative estimate of drug-likeness (QED) is 0.821. The van der Waals surface area contributed by atoms with E-state index in [1.165, 1.54) is 0 Å². The first kappa shape index (κ1) is 12.2. The summed E-state index contributed by atoms with van der Waals surface area (Å²) in [6.45, 7) is 2.45. The number of aromatic nitrogens is 1. The van der Waals surface area contributed by atoms with Crippen molar-refractivity contribution >= 4 is 23.3 Å². The molecule has 17 heavy (non-hydrogen) atoms. The van der Waals surface area contributed by atoms with Gasteiger partial charge in [-0.1, -0.05) is 11.6 Å². The van der Waals surface area contributed by atoms with Crippen molar-refractivity contribution in [2.45, 2.75) is 12.8 Å². The summed E-state index contributed by atoms with van der Waals surface area (Å²) in [7, 11) is 1.97. The predicted molar refractivity (Wildman–Crippen MR) is 68.3 cm³/mol. The van der Waals surface area contributed by atoms with E-state index in [4.69, 9.17) is 11.6 Å². The van der Waals surface area contributed by atoms with Gasteiger partial charge in [0.05, 0.1) is 5.02 Å². The molecule has 1 fully saturated rings. The molecule has 1 aromatic rings. The van der Waals surface area contributed by atoms with Crippen LogP contribution < -0.4 is 4.90 Å². The number of pyridine rings is 1. The summed E-state index contributed by atoms with van der Waals surface area (Å²) in [6, 6.07) is 3.70. The Kier molecular flexibility index (Phi) is 3.84. The molecule has 0 aliphatic carbocycles. The maximum atomic E-state index is 11.4. The zero-order chi connectivity index (χ0) is 12.3. The zero-order valence-corrected chi connectivity index (χ0v) is 10.7. The topological polar surface area (TPSA) is 36.4 Å². The van der Waals surface area contributed by atoms with Gasteiger partial charge >= 0.3 is 0 Å². The largest absolute Gasteiger partial charge is 0.358 e. The number of nitrogens with zero attached hydrogens (tertiary/aromatic N) is 3. The minimum absolute atomic E-state index is 0.266. The Morgan fingerprint density at radius 2 is 2.35 bits per heavy atom. The van der Waals surface area contributed by atoms with Crippen molar-refractivity contribution in [3.05, 3.63) is 23.4 Å². The smallest absolute Gasteiger partial charge is 0.222 e. The maximum Gasteiger partial charge on any atom is 0.222 e. The van der Waals surface area contributed by atoms with Crippen LogP contribution >= 0.6 is 11.6 Å². The van der Waals surface area contributed by atoms with Gasteiger partial charge in [0.15, 0.2) is 0 Å². The summed E-state index contributed by atoms with van der Waals surface area (Å²) in [4.78, 5) is 19.6. The molecule has 1 saturated heterocycles. The van der Waals surface area contributed by atoms with Crippen LogP contribution in [0.15, 0.2) is 18.3 Å². The molecular weight excluding hydrogens is 238 g/mol. The van der Waals surface area contributed by atoms with Gasteiger partial charge in [0.1, 0.15) is 5.82 Å². The van der Waals surface area contributed by atoms with Crippen molar-refractivity contribution in [3.8, 4) is 0 Å². The van der Waals surface area contributed by atoms with E-state index in [2.05, 4.69) is 4.98 Å². The molecule has 92 valence electrons. The Morgan fingerprint density at radius 1 is 1.53 bits per heavy atom. The van der Waals surface area contributed by atoms with Crippen LogP contribution in [0.5, 0.6) is 0 Å². The van der Waals surface area contributed by atoms with E-state index in [1.807, 2.05) is 29.0 Å². The van der Waals surface area contributed by atoms with Gasteiger partial charge in [-0.2, -0.15) is 0 Å². The molecule has 2 rings (SSSR count). The van der Waals surface area contributed by atoms with Crippen LogP contribution in [0.25, 0.3) is 0 Å². The van der Waals surface area contributed by atoms with Crippen LogP contribution in [-0.2, 0) is 4.79 Å². The lowest BCUT2D eigenvalue weighted by Gasteiger charge is -2.22. The van der Waals surface area contributed by atoms with E-state index >= 15 is 0 Å². The lowest BCUT2D eigenvalue weighted by atomic mass is 10.4. The van der Waals surface area contributed by atoms with E-state index in [9.17, 15) is 4.79 Å². The minimum Gasteiger partial charge on any atom is -0.358 e. The van der Waals surface area contributed by atoms with Gasteiger partial charge in [-0.25, -0.2) is 4.98 Å². The number of anilines is 1. The molecule has 0 saturated carbocycles. The Balaban J connectivity index is 1.86. The fourth-order valence-corrected chi connectivity index (χ4v) is 2.03. The molecule has 0 aromatic carbocycles. The van der Waals surface area contributed by atoms with Crippen molar-refractivity contribution in [3.63, 3.8) is 0 Å². The van der Waals surface area contributed by atoms with Gasteiger partial charge in [-0.05, 0) is 18.6 Å². The molecular formula is C12H16ClN3O. The molecule has 0 N–H and O–H groups in total. The van der Waals surface area contributed by atoms with E-state index in [0.717, 1.165) is 31.9 Å². The fourth-order valence-electron chi connectivity index (χ4n) is 1.92. The summed E-state index contributed by atoms with van der Waals surface area (Å²) in [5.74, 6) is 1.14. The Hall–Kier alpha value is -1.29. The molecule has 1 amide bonds. The van der Waals surface area contributed by atoms with Gasteiger partial charge in [0.2, 0.25) is 5.91 Å². The molecule has 1 aromatic heterocycles. The molecule has 0 atom stereocenters. The van der Waals surface area contributed by atoms with Gasteiger partial charge in [0, 0.05) is 39.3 Å². The number of hydrogen-bond acceptors (Lipinski definition) is 3. The molecule has 4 nitrogen and oxygen atoms in total. The first-order valence-electron chi connectivity index (χ1n) is 5.77. The Morgan fingerprint density at radius 3 is 2.94 bits per heavy atom.